The zero-order valence-electron chi connectivity index (χ0n) is 13.9. The molecule has 25 heavy (non-hydrogen) atoms. The molecule has 130 valence electrons. The van der Waals surface area contributed by atoms with Crippen LogP contribution >= 0.6 is 11.6 Å². The highest BCUT2D eigenvalue weighted by Crippen LogP contribution is 2.24. The largest absolute Gasteiger partial charge is 0.494 e. The van der Waals surface area contributed by atoms with Gasteiger partial charge < -0.3 is 9.84 Å². The van der Waals surface area contributed by atoms with Crippen molar-refractivity contribution in [2.45, 2.75) is 19.9 Å². The van der Waals surface area contributed by atoms with Gasteiger partial charge in [-0.25, -0.2) is 0 Å². The summed E-state index contributed by atoms with van der Waals surface area (Å²) in [5.74, 6) is -0.836. The number of hydrogen-bond acceptors (Lipinski definition) is 5. The van der Waals surface area contributed by atoms with E-state index in [1.54, 1.807) is 24.3 Å². The van der Waals surface area contributed by atoms with Crippen molar-refractivity contribution >= 4 is 17.4 Å². The standard InChI is InChI=1S/C18H17ClN2O4/c1-11-14(10-20)17(23)21(7-8-25-2)18(24)16(11)15(22)9-12-3-5-13(19)6-4-12/h3-6,24H,7-9H2,1-2H3. The maximum atomic E-state index is 12.7. The minimum atomic E-state index is -0.641. The molecule has 2 aromatic rings. The number of carbonyl (C=O) groups is 1. The van der Waals surface area contributed by atoms with Crippen LogP contribution in [-0.2, 0) is 17.7 Å². The van der Waals surface area contributed by atoms with Gasteiger partial charge in [0.25, 0.3) is 5.56 Å². The van der Waals surface area contributed by atoms with Crippen LogP contribution < -0.4 is 5.56 Å². The Kier molecular flexibility index (Phi) is 5.97. The van der Waals surface area contributed by atoms with Gasteiger partial charge in [-0.05, 0) is 30.2 Å². The van der Waals surface area contributed by atoms with Crippen LogP contribution in [0.1, 0.15) is 27.0 Å². The third-order valence-corrected chi connectivity index (χ3v) is 4.13. The molecule has 0 aliphatic carbocycles. The maximum absolute atomic E-state index is 12.7. The summed E-state index contributed by atoms with van der Waals surface area (Å²) in [7, 11) is 1.45. The first-order valence-corrected chi connectivity index (χ1v) is 7.91. The lowest BCUT2D eigenvalue weighted by molar-refractivity contribution is 0.0987. The molecule has 0 unspecified atom stereocenters. The van der Waals surface area contributed by atoms with Crippen molar-refractivity contribution in [1.82, 2.24) is 4.57 Å². The zero-order valence-corrected chi connectivity index (χ0v) is 14.6. The number of methoxy groups -OCH3 is 1. The van der Waals surface area contributed by atoms with Crippen LogP contribution in [0.15, 0.2) is 29.1 Å². The predicted molar refractivity (Wildman–Crippen MR) is 93.2 cm³/mol. The molecule has 1 heterocycles. The monoisotopic (exact) mass is 360 g/mol. The number of rotatable bonds is 6. The smallest absolute Gasteiger partial charge is 0.271 e. The first-order valence-electron chi connectivity index (χ1n) is 7.53. The summed E-state index contributed by atoms with van der Waals surface area (Å²) in [5.41, 5.74) is 0.0622. The lowest BCUT2D eigenvalue weighted by atomic mass is 9.97. The van der Waals surface area contributed by atoms with Gasteiger partial charge in [0, 0.05) is 18.6 Å². The van der Waals surface area contributed by atoms with Crippen LogP contribution in [0.25, 0.3) is 0 Å². The summed E-state index contributed by atoms with van der Waals surface area (Å²) < 4.78 is 5.91. The molecule has 0 saturated carbocycles. The molecule has 1 N–H and O–H groups in total. The minimum absolute atomic E-state index is 0.0128. The molecule has 1 aromatic heterocycles. The number of nitrogens with zero attached hydrogens (tertiary/aromatic N) is 2. The molecule has 0 saturated heterocycles. The van der Waals surface area contributed by atoms with Gasteiger partial charge in [0.1, 0.15) is 11.6 Å². The second-order valence-corrected chi connectivity index (χ2v) is 5.92. The second-order valence-electron chi connectivity index (χ2n) is 5.49. The van der Waals surface area contributed by atoms with Crippen LogP contribution in [-0.4, -0.2) is 29.2 Å². The maximum Gasteiger partial charge on any atom is 0.271 e. The van der Waals surface area contributed by atoms with Gasteiger partial charge in [-0.3, -0.25) is 14.2 Å². The molecular formula is C18H17ClN2O4. The number of aromatic hydroxyl groups is 1. The summed E-state index contributed by atoms with van der Waals surface area (Å²) >= 11 is 5.83. The van der Waals surface area contributed by atoms with Crippen molar-refractivity contribution in [3.63, 3.8) is 0 Å². The van der Waals surface area contributed by atoms with E-state index in [9.17, 15) is 20.0 Å². The summed E-state index contributed by atoms with van der Waals surface area (Å²) in [6.45, 7) is 1.68. The van der Waals surface area contributed by atoms with E-state index in [2.05, 4.69) is 0 Å². The average Bonchev–Trinajstić information content (AvgIpc) is 2.57. The van der Waals surface area contributed by atoms with E-state index in [0.717, 1.165) is 4.57 Å². The zero-order chi connectivity index (χ0) is 18.6. The summed E-state index contributed by atoms with van der Waals surface area (Å²) in [4.78, 5) is 25.0. The van der Waals surface area contributed by atoms with Crippen LogP contribution in [0.3, 0.4) is 0 Å². The number of pyridine rings is 1. The average molecular weight is 361 g/mol. The molecule has 0 atom stereocenters. The Morgan fingerprint density at radius 3 is 2.56 bits per heavy atom. The molecule has 0 aliphatic heterocycles. The van der Waals surface area contributed by atoms with E-state index in [1.807, 2.05) is 6.07 Å². The molecule has 0 fully saturated rings. The molecule has 7 heteroatoms. The Balaban J connectivity index is 2.52. The number of nitriles is 1. The van der Waals surface area contributed by atoms with Gasteiger partial charge in [-0.15, -0.1) is 0 Å². The highest BCUT2D eigenvalue weighted by Gasteiger charge is 2.23. The summed E-state index contributed by atoms with van der Waals surface area (Å²) in [6, 6.07) is 8.56. The number of Topliss-reactive ketones (excluding diaryl/α,β-unsaturated/α-hetero) is 1. The quantitative estimate of drug-likeness (QED) is 0.799. The van der Waals surface area contributed by atoms with Crippen LogP contribution in [0, 0.1) is 18.3 Å². The van der Waals surface area contributed by atoms with E-state index in [-0.39, 0.29) is 42.0 Å². The van der Waals surface area contributed by atoms with E-state index < -0.39 is 11.4 Å². The van der Waals surface area contributed by atoms with Crippen molar-refractivity contribution in [3.05, 3.63) is 61.9 Å². The Labute approximate surface area is 149 Å². The van der Waals surface area contributed by atoms with Crippen molar-refractivity contribution < 1.29 is 14.6 Å². The third-order valence-electron chi connectivity index (χ3n) is 3.88. The predicted octanol–water partition coefficient (Wildman–Crippen LogP) is 2.46. The highest BCUT2D eigenvalue weighted by atomic mass is 35.5. The van der Waals surface area contributed by atoms with Gasteiger partial charge in [-0.1, -0.05) is 23.7 Å². The fraction of sp³-hybridized carbons (Fsp3) is 0.278. The fourth-order valence-electron chi connectivity index (χ4n) is 2.55. The van der Waals surface area contributed by atoms with E-state index in [1.165, 1.54) is 14.0 Å². The van der Waals surface area contributed by atoms with E-state index in [4.69, 9.17) is 16.3 Å². The number of benzene rings is 1. The number of aromatic nitrogens is 1. The van der Waals surface area contributed by atoms with E-state index >= 15 is 0 Å². The number of carbonyl (C=O) groups excluding carboxylic acids is 1. The van der Waals surface area contributed by atoms with Crippen LogP contribution in [0.5, 0.6) is 5.88 Å². The first kappa shape index (κ1) is 18.7. The molecular weight excluding hydrogens is 344 g/mol. The normalized spacial score (nSPS) is 10.5. The third kappa shape index (κ3) is 3.90. The molecule has 0 aliphatic rings. The lowest BCUT2D eigenvalue weighted by Crippen LogP contribution is -2.28. The first-order chi connectivity index (χ1) is 11.9. The van der Waals surface area contributed by atoms with E-state index in [0.29, 0.717) is 10.6 Å². The minimum Gasteiger partial charge on any atom is -0.494 e. The summed E-state index contributed by atoms with van der Waals surface area (Å²) in [5, 5.41) is 20.3. The molecule has 0 radical (unpaired) electrons. The molecule has 2 rings (SSSR count). The highest BCUT2D eigenvalue weighted by molar-refractivity contribution is 6.30. The summed E-state index contributed by atoms with van der Waals surface area (Å²) in [6.07, 6.45) is 0.0128. The van der Waals surface area contributed by atoms with Gasteiger partial charge >= 0.3 is 0 Å². The second kappa shape index (κ2) is 7.97. The number of halogens is 1. The number of ketones is 1. The SMILES string of the molecule is COCCn1c(O)c(C(=O)Cc2ccc(Cl)cc2)c(C)c(C#N)c1=O. The lowest BCUT2D eigenvalue weighted by Gasteiger charge is -2.15. The fourth-order valence-corrected chi connectivity index (χ4v) is 2.68. The number of ether oxygens (including phenoxy) is 1. The van der Waals surface area contributed by atoms with Gasteiger partial charge in [0.2, 0.25) is 5.88 Å². The Hall–Kier alpha value is -2.62. The van der Waals surface area contributed by atoms with Crippen molar-refractivity contribution in [2.24, 2.45) is 0 Å². The Morgan fingerprint density at radius 2 is 2.00 bits per heavy atom. The van der Waals surface area contributed by atoms with Crippen molar-refractivity contribution in [2.75, 3.05) is 13.7 Å². The Bertz CT molecular complexity index is 895. The molecule has 0 bridgehead atoms. The molecule has 1 aromatic carbocycles. The Morgan fingerprint density at radius 1 is 1.36 bits per heavy atom. The van der Waals surface area contributed by atoms with Crippen LogP contribution in [0.4, 0.5) is 0 Å². The topological polar surface area (TPSA) is 92.3 Å². The molecule has 0 spiro atoms. The molecule has 6 nitrogen and oxygen atoms in total. The van der Waals surface area contributed by atoms with Crippen LogP contribution in [0.2, 0.25) is 5.02 Å². The van der Waals surface area contributed by atoms with Crippen molar-refractivity contribution in [3.8, 4) is 11.9 Å². The van der Waals surface area contributed by atoms with Gasteiger partial charge in [0.15, 0.2) is 5.78 Å². The number of hydrogen-bond donors (Lipinski definition) is 1. The van der Waals surface area contributed by atoms with Gasteiger partial charge in [0.05, 0.1) is 18.7 Å². The van der Waals surface area contributed by atoms with Gasteiger partial charge in [-0.2, -0.15) is 5.26 Å². The van der Waals surface area contributed by atoms with Crippen molar-refractivity contribution in [1.29, 1.82) is 5.26 Å². The molecule has 0 amide bonds.